The molecule has 0 bridgehead atoms. The van der Waals surface area contributed by atoms with Crippen LogP contribution in [0.4, 0.5) is 0 Å². The van der Waals surface area contributed by atoms with Crippen molar-refractivity contribution in [2.24, 2.45) is 0 Å². The third-order valence-electron chi connectivity index (χ3n) is 4.55. The number of para-hydroxylation sites is 2. The van der Waals surface area contributed by atoms with Gasteiger partial charge in [0.05, 0.1) is 0 Å². The molecule has 0 aliphatic heterocycles. The number of benzene rings is 1. The molecule has 0 atom stereocenters. The average Bonchev–Trinajstić information content (AvgIpc) is 3.13. The second-order valence-corrected chi connectivity index (χ2v) is 5.99. The van der Waals surface area contributed by atoms with Crippen molar-refractivity contribution < 1.29 is 13.7 Å². The maximum Gasteiger partial charge on any atom is 0.226 e. The molecular formula is C17H19N3O3. The number of aryl methyl sites for hydroxylation is 2. The summed E-state index contributed by atoms with van der Waals surface area (Å²) in [6.07, 6.45) is 5.40. The number of aromatic nitrogens is 3. The van der Waals surface area contributed by atoms with E-state index in [2.05, 4.69) is 15.1 Å². The molecule has 1 saturated carbocycles. The molecule has 1 fully saturated rings. The van der Waals surface area contributed by atoms with Crippen molar-refractivity contribution in [3.05, 3.63) is 41.9 Å². The summed E-state index contributed by atoms with van der Waals surface area (Å²) in [5, 5.41) is 4.09. The summed E-state index contributed by atoms with van der Waals surface area (Å²) in [6.45, 7) is 0. The number of fused-ring (bicyclic) bond motifs is 1. The Kier molecular flexibility index (Phi) is 3.61. The van der Waals surface area contributed by atoms with Crippen LogP contribution in [0.15, 0.2) is 33.2 Å². The highest BCUT2D eigenvalue weighted by Gasteiger charge is 2.43. The maximum absolute atomic E-state index is 5.71. The Morgan fingerprint density at radius 3 is 2.70 bits per heavy atom. The molecule has 0 saturated heterocycles. The molecule has 6 nitrogen and oxygen atoms in total. The Balaban J connectivity index is 1.37. The first kappa shape index (κ1) is 14.4. The molecule has 0 spiro atoms. The molecule has 23 heavy (non-hydrogen) atoms. The molecule has 0 amide bonds. The smallest absolute Gasteiger partial charge is 0.226 e. The lowest BCUT2D eigenvalue weighted by Gasteiger charge is -2.37. The van der Waals surface area contributed by atoms with E-state index < -0.39 is 0 Å². The normalized spacial score (nSPS) is 16.6. The van der Waals surface area contributed by atoms with Gasteiger partial charge < -0.3 is 13.7 Å². The predicted molar refractivity (Wildman–Crippen MR) is 82.9 cm³/mol. The third kappa shape index (κ3) is 2.63. The molecular weight excluding hydrogens is 294 g/mol. The zero-order valence-corrected chi connectivity index (χ0v) is 13.1. The first-order valence-electron chi connectivity index (χ1n) is 8.02. The van der Waals surface area contributed by atoms with E-state index in [0.29, 0.717) is 18.1 Å². The summed E-state index contributed by atoms with van der Waals surface area (Å²) in [6, 6.07) is 7.79. The van der Waals surface area contributed by atoms with Gasteiger partial charge in [0.2, 0.25) is 11.7 Å². The Bertz CT molecular complexity index is 766. The van der Waals surface area contributed by atoms with Gasteiger partial charge in [-0.2, -0.15) is 4.98 Å². The van der Waals surface area contributed by atoms with E-state index in [0.717, 1.165) is 49.1 Å². The SMILES string of the molecule is COC1(c2noc(CCCc3nc4ccccc4o3)n2)CCC1. The molecule has 4 rings (SSSR count). The van der Waals surface area contributed by atoms with E-state index in [1.54, 1.807) is 7.11 Å². The zero-order chi connectivity index (χ0) is 15.7. The highest BCUT2D eigenvalue weighted by molar-refractivity contribution is 5.72. The van der Waals surface area contributed by atoms with Gasteiger partial charge in [-0.15, -0.1) is 0 Å². The van der Waals surface area contributed by atoms with Crippen LogP contribution in [-0.4, -0.2) is 22.2 Å². The average molecular weight is 313 g/mol. The lowest BCUT2D eigenvalue weighted by Crippen LogP contribution is -2.37. The lowest BCUT2D eigenvalue weighted by atomic mass is 9.79. The van der Waals surface area contributed by atoms with Crippen LogP contribution in [-0.2, 0) is 23.2 Å². The molecule has 0 N–H and O–H groups in total. The van der Waals surface area contributed by atoms with Crippen molar-refractivity contribution in [1.82, 2.24) is 15.1 Å². The minimum atomic E-state index is -0.317. The van der Waals surface area contributed by atoms with Gasteiger partial charge in [0.1, 0.15) is 11.1 Å². The largest absolute Gasteiger partial charge is 0.441 e. The molecule has 120 valence electrons. The van der Waals surface area contributed by atoms with E-state index in [-0.39, 0.29) is 5.60 Å². The summed E-state index contributed by atoms with van der Waals surface area (Å²) in [4.78, 5) is 8.97. The first-order valence-corrected chi connectivity index (χ1v) is 8.02. The van der Waals surface area contributed by atoms with Crippen LogP contribution in [0.5, 0.6) is 0 Å². The Morgan fingerprint density at radius 1 is 1.13 bits per heavy atom. The molecule has 2 aromatic heterocycles. The fourth-order valence-electron chi connectivity index (χ4n) is 2.98. The Hall–Kier alpha value is -2.21. The molecule has 0 unspecified atom stereocenters. The Labute approximate surface area is 133 Å². The number of ether oxygens (including phenoxy) is 1. The van der Waals surface area contributed by atoms with Crippen LogP contribution >= 0.6 is 0 Å². The molecule has 3 aromatic rings. The highest BCUT2D eigenvalue weighted by Crippen LogP contribution is 2.42. The molecule has 1 aliphatic rings. The van der Waals surface area contributed by atoms with Gasteiger partial charge in [-0.1, -0.05) is 17.3 Å². The second-order valence-electron chi connectivity index (χ2n) is 5.99. The maximum atomic E-state index is 5.71. The van der Waals surface area contributed by atoms with Crippen LogP contribution in [0, 0.1) is 0 Å². The van der Waals surface area contributed by atoms with E-state index >= 15 is 0 Å². The van der Waals surface area contributed by atoms with E-state index in [1.165, 1.54) is 0 Å². The van der Waals surface area contributed by atoms with E-state index in [9.17, 15) is 0 Å². The van der Waals surface area contributed by atoms with Crippen molar-refractivity contribution >= 4 is 11.1 Å². The summed E-state index contributed by atoms with van der Waals surface area (Å²) in [5.41, 5.74) is 1.41. The summed E-state index contributed by atoms with van der Waals surface area (Å²) < 4.78 is 16.6. The van der Waals surface area contributed by atoms with Crippen LogP contribution in [0.2, 0.25) is 0 Å². The van der Waals surface area contributed by atoms with Gasteiger partial charge in [0.15, 0.2) is 11.5 Å². The van der Waals surface area contributed by atoms with Gasteiger partial charge in [0.25, 0.3) is 0 Å². The first-order chi connectivity index (χ1) is 11.3. The van der Waals surface area contributed by atoms with Crippen molar-refractivity contribution in [2.45, 2.75) is 44.1 Å². The van der Waals surface area contributed by atoms with Gasteiger partial charge in [-0.25, -0.2) is 4.98 Å². The highest BCUT2D eigenvalue weighted by atomic mass is 16.5. The molecule has 2 heterocycles. The minimum absolute atomic E-state index is 0.317. The number of nitrogens with zero attached hydrogens (tertiary/aromatic N) is 3. The second kappa shape index (κ2) is 5.77. The number of oxazole rings is 1. The summed E-state index contributed by atoms with van der Waals surface area (Å²) >= 11 is 0. The predicted octanol–water partition coefficient (Wildman–Crippen LogP) is 3.41. The zero-order valence-electron chi connectivity index (χ0n) is 13.1. The van der Waals surface area contributed by atoms with Crippen LogP contribution < -0.4 is 0 Å². The van der Waals surface area contributed by atoms with Crippen molar-refractivity contribution in [2.75, 3.05) is 7.11 Å². The lowest BCUT2D eigenvalue weighted by molar-refractivity contribution is -0.0858. The molecule has 1 aromatic carbocycles. The molecule has 0 radical (unpaired) electrons. The van der Waals surface area contributed by atoms with Crippen molar-refractivity contribution in [3.8, 4) is 0 Å². The van der Waals surface area contributed by atoms with Gasteiger partial charge in [-0.3, -0.25) is 0 Å². The van der Waals surface area contributed by atoms with Crippen LogP contribution in [0.25, 0.3) is 11.1 Å². The Morgan fingerprint density at radius 2 is 1.96 bits per heavy atom. The number of hydrogen-bond acceptors (Lipinski definition) is 6. The number of hydrogen-bond donors (Lipinski definition) is 0. The number of methoxy groups -OCH3 is 1. The quantitative estimate of drug-likeness (QED) is 0.694. The van der Waals surface area contributed by atoms with Crippen LogP contribution in [0.1, 0.15) is 43.3 Å². The van der Waals surface area contributed by atoms with Crippen LogP contribution in [0.3, 0.4) is 0 Å². The van der Waals surface area contributed by atoms with Crippen molar-refractivity contribution in [1.29, 1.82) is 0 Å². The topological polar surface area (TPSA) is 74.2 Å². The monoisotopic (exact) mass is 313 g/mol. The van der Waals surface area contributed by atoms with E-state index in [1.807, 2.05) is 24.3 Å². The van der Waals surface area contributed by atoms with Crippen molar-refractivity contribution in [3.63, 3.8) is 0 Å². The molecule has 6 heteroatoms. The molecule has 1 aliphatic carbocycles. The summed E-state index contributed by atoms with van der Waals surface area (Å²) in [5.74, 6) is 2.08. The fraction of sp³-hybridized carbons (Fsp3) is 0.471. The number of rotatable bonds is 6. The van der Waals surface area contributed by atoms with Gasteiger partial charge in [-0.05, 0) is 37.8 Å². The minimum Gasteiger partial charge on any atom is -0.441 e. The van der Waals surface area contributed by atoms with E-state index in [4.69, 9.17) is 13.7 Å². The summed E-state index contributed by atoms with van der Waals surface area (Å²) in [7, 11) is 1.71. The van der Waals surface area contributed by atoms with Gasteiger partial charge >= 0.3 is 0 Å². The van der Waals surface area contributed by atoms with Gasteiger partial charge in [0, 0.05) is 20.0 Å². The third-order valence-corrected chi connectivity index (χ3v) is 4.55. The fourth-order valence-corrected chi connectivity index (χ4v) is 2.98. The standard InChI is InChI=1S/C17H19N3O3/c1-21-17(10-5-11-17)16-19-15(23-20-16)9-4-8-14-18-12-6-2-3-7-13(12)22-14/h2-3,6-7H,4-5,8-11H2,1H3.